The molecule has 18 heteroatoms. The number of nitrogens with zero attached hydrogens (tertiary/aromatic N) is 6. The van der Waals surface area contributed by atoms with E-state index < -0.39 is 65.5 Å². The first-order valence-electron chi connectivity index (χ1n) is 21.4. The number of aliphatic hydroxyl groups excluding tert-OH is 1. The van der Waals surface area contributed by atoms with Crippen molar-refractivity contribution in [3.8, 4) is 22.4 Å². The average Bonchev–Trinajstić information content (AvgIpc) is 3.93. The van der Waals surface area contributed by atoms with Gasteiger partial charge in [-0.15, -0.1) is 5.10 Å². The predicted octanol–water partition coefficient (Wildman–Crippen LogP) is 8.00. The van der Waals surface area contributed by atoms with Crippen LogP contribution in [0, 0.1) is 5.95 Å². The minimum absolute atomic E-state index is 0.0365. The number of pyridine rings is 1. The molecule has 4 heterocycles. The lowest BCUT2D eigenvalue weighted by Crippen LogP contribution is -2.50. The number of aliphatic hydroxyl groups is 1. The Kier molecular flexibility index (Phi) is 12.2. The van der Waals surface area contributed by atoms with Crippen molar-refractivity contribution in [2.45, 2.75) is 120 Å². The lowest BCUT2D eigenvalue weighted by molar-refractivity contribution is -0.0173. The Morgan fingerprint density at radius 2 is 1.66 bits per heavy atom. The van der Waals surface area contributed by atoms with Crippen molar-refractivity contribution in [3.05, 3.63) is 89.0 Å². The van der Waals surface area contributed by atoms with Gasteiger partial charge in [-0.2, -0.15) is 4.39 Å². The highest BCUT2D eigenvalue weighted by atomic mass is 32.2. The second-order valence-electron chi connectivity index (χ2n) is 19.5. The average molecular weight is 918 g/mol. The molecule has 15 nitrogen and oxygen atoms in total. The number of carbonyl (C=O) groups excluding carboxylic acids is 1. The number of hydrogen-bond acceptors (Lipinski definition) is 10. The summed E-state index contributed by atoms with van der Waals surface area (Å²) in [6.45, 7) is 17.8. The molecule has 4 atom stereocenters. The van der Waals surface area contributed by atoms with E-state index in [1.807, 2.05) is 19.1 Å². The maximum absolute atomic E-state index is 16.3. The number of fused-ring (bicyclic) bond motifs is 3. The predicted molar refractivity (Wildman–Crippen MR) is 247 cm³/mol. The zero-order valence-corrected chi connectivity index (χ0v) is 40.5. The number of methoxy groups -OCH3 is 1. The number of amides is 1. The van der Waals surface area contributed by atoms with E-state index in [0.717, 1.165) is 9.54 Å². The number of halogens is 1. The van der Waals surface area contributed by atoms with Crippen LogP contribution in [0.5, 0.6) is 0 Å². The molecule has 6 aromatic rings. The molecule has 1 saturated carbocycles. The van der Waals surface area contributed by atoms with E-state index in [4.69, 9.17) is 18.9 Å². The maximum Gasteiger partial charge on any atom is 0.407 e. The van der Waals surface area contributed by atoms with E-state index in [2.05, 4.69) is 44.3 Å². The van der Waals surface area contributed by atoms with Gasteiger partial charge in [0.05, 0.1) is 56.5 Å². The Bertz CT molecular complexity index is 2890. The third-order valence-electron chi connectivity index (χ3n) is 12.9. The molecular weight excluding hydrogens is 858 g/mol. The summed E-state index contributed by atoms with van der Waals surface area (Å²) in [5.74, 6) is -0.915. The molecular formula is C46H60FN7O8SSi. The summed E-state index contributed by atoms with van der Waals surface area (Å²) in [5, 5.41) is 17.1. The lowest BCUT2D eigenvalue weighted by Gasteiger charge is -2.40. The second kappa shape index (κ2) is 16.7. The Balaban J connectivity index is 1.57. The first-order chi connectivity index (χ1) is 29.8. The van der Waals surface area contributed by atoms with Crippen LogP contribution >= 0.6 is 0 Å². The molecule has 2 N–H and O–H groups in total. The number of aryl methyl sites for hydroxylation is 2. The fourth-order valence-corrected chi connectivity index (χ4v) is 11.4. The molecule has 2 aromatic carbocycles. The largest absolute Gasteiger partial charge is 0.444 e. The lowest BCUT2D eigenvalue weighted by atomic mass is 9.90. The van der Waals surface area contributed by atoms with E-state index >= 15 is 12.8 Å². The smallest absolute Gasteiger partial charge is 0.407 e. The van der Waals surface area contributed by atoms with Crippen molar-refractivity contribution in [2.24, 2.45) is 14.1 Å². The number of ether oxygens (including phenoxy) is 2. The van der Waals surface area contributed by atoms with E-state index in [0.29, 0.717) is 35.0 Å². The zero-order valence-electron chi connectivity index (χ0n) is 38.7. The number of rotatable bonds is 12. The zero-order chi connectivity index (χ0) is 46.9. The Morgan fingerprint density at radius 1 is 1.00 bits per heavy atom. The topological polar surface area (TPSA) is 174 Å². The third-order valence-corrected chi connectivity index (χ3v) is 19.1. The quantitative estimate of drug-likeness (QED) is 0.115. The number of aromatic nitrogens is 6. The summed E-state index contributed by atoms with van der Waals surface area (Å²) in [6.07, 6.45) is 2.67. The number of imidazole rings is 1. The van der Waals surface area contributed by atoms with Gasteiger partial charge in [0.25, 0.3) is 10.0 Å². The molecule has 7 rings (SSSR count). The Hall–Kier alpha value is -5.14. The number of benzene rings is 2. The normalized spacial score (nSPS) is 18.5. The first kappa shape index (κ1) is 46.8. The van der Waals surface area contributed by atoms with Crippen LogP contribution in [-0.4, -0.2) is 87.3 Å². The minimum Gasteiger partial charge on any atom is -0.444 e. The molecule has 0 spiro atoms. The summed E-state index contributed by atoms with van der Waals surface area (Å²) < 4.78 is 70.7. The van der Waals surface area contributed by atoms with Crippen LogP contribution in [0.15, 0.2) is 76.7 Å². The SMILES string of the molecule is COC(C)(CCO)c1ccc(-c2c(-c3cn(C)nc3F)n(S(=O)(=O)c3ccccc3)c3ncc4c(c23)n([C@H]2C[C@H](NC(=O)OC(C)(C)C)[C@H](O[Si](C)(C)C(C)(C)C)C2)c(=O)n4C)cc1. The van der Waals surface area contributed by atoms with Crippen LogP contribution < -0.4 is 11.0 Å². The van der Waals surface area contributed by atoms with Crippen molar-refractivity contribution < 1.29 is 36.6 Å². The molecule has 1 unspecified atom stereocenters. The van der Waals surface area contributed by atoms with Crippen LogP contribution in [0.4, 0.5) is 9.18 Å². The monoisotopic (exact) mass is 917 g/mol. The fourth-order valence-electron chi connectivity index (χ4n) is 8.51. The highest BCUT2D eigenvalue weighted by Crippen LogP contribution is 2.48. The van der Waals surface area contributed by atoms with E-state index in [9.17, 15) is 14.7 Å². The molecule has 0 aliphatic heterocycles. The van der Waals surface area contributed by atoms with Crippen molar-refractivity contribution in [3.63, 3.8) is 0 Å². The molecule has 344 valence electrons. The summed E-state index contributed by atoms with van der Waals surface area (Å²) in [5.41, 5.74) is 0.0958. The van der Waals surface area contributed by atoms with E-state index in [1.54, 1.807) is 76.9 Å². The van der Waals surface area contributed by atoms with Crippen LogP contribution in [0.2, 0.25) is 18.1 Å². The van der Waals surface area contributed by atoms with Gasteiger partial charge >= 0.3 is 11.8 Å². The van der Waals surface area contributed by atoms with Crippen LogP contribution in [0.25, 0.3) is 44.5 Å². The summed E-state index contributed by atoms with van der Waals surface area (Å²) in [4.78, 5) is 33.0. The van der Waals surface area contributed by atoms with Gasteiger partial charge in [0.1, 0.15) is 5.60 Å². The van der Waals surface area contributed by atoms with Gasteiger partial charge in [0, 0.05) is 52.0 Å². The fraction of sp³-hybridized carbons (Fsp3) is 0.478. The molecule has 1 aliphatic rings. The molecule has 64 heavy (non-hydrogen) atoms. The Morgan fingerprint density at radius 3 is 2.22 bits per heavy atom. The van der Waals surface area contributed by atoms with Gasteiger partial charge in [-0.3, -0.25) is 13.8 Å². The van der Waals surface area contributed by atoms with Gasteiger partial charge < -0.3 is 24.3 Å². The maximum atomic E-state index is 16.3. The van der Waals surface area contributed by atoms with Gasteiger partial charge in [-0.05, 0) is 81.9 Å². The molecule has 0 saturated heterocycles. The van der Waals surface area contributed by atoms with Gasteiger partial charge in [-0.25, -0.2) is 27.0 Å². The second-order valence-corrected chi connectivity index (χ2v) is 26.0. The van der Waals surface area contributed by atoms with Crippen LogP contribution in [0.1, 0.15) is 79.3 Å². The highest BCUT2D eigenvalue weighted by Gasteiger charge is 2.46. The van der Waals surface area contributed by atoms with E-state index in [1.165, 1.54) is 33.8 Å². The summed E-state index contributed by atoms with van der Waals surface area (Å²) >= 11 is 0. The molecule has 0 radical (unpaired) electrons. The number of nitrogens with one attached hydrogen (secondary N) is 1. The highest BCUT2D eigenvalue weighted by molar-refractivity contribution is 7.90. The summed E-state index contributed by atoms with van der Waals surface area (Å²) in [6, 6.07) is 13.9. The molecule has 4 aromatic heterocycles. The molecule has 1 aliphatic carbocycles. The van der Waals surface area contributed by atoms with Gasteiger partial charge in [0.15, 0.2) is 14.0 Å². The Labute approximate surface area is 374 Å². The van der Waals surface area contributed by atoms with Crippen molar-refractivity contribution in [1.29, 1.82) is 0 Å². The van der Waals surface area contributed by atoms with Gasteiger partial charge in [-0.1, -0.05) is 63.2 Å². The van der Waals surface area contributed by atoms with Crippen molar-refractivity contribution in [1.82, 2.24) is 33.2 Å². The molecule has 0 bridgehead atoms. The third kappa shape index (κ3) is 8.34. The standard InChI is InChI=1S/C46H60FN7O8SSi/c1-44(2,3)61-42(56)49-33-24-30(25-35(33)62-64(11,12)45(4,5)6)53-39-34(52(9)43(53)57)26-48-41-37(39)36(28-18-20-29(21-19-28)46(7,60-10)22-23-55)38(32-27-51(8)50-40(32)47)54(41)63(58,59)31-16-14-13-15-17-31/h13-21,26-27,30,33,35,55H,22-25H2,1-12H3,(H,49,56)/t30-,33-,35+,46?/m0/s1. The summed E-state index contributed by atoms with van der Waals surface area (Å²) in [7, 11) is -2.26. The molecule has 1 fully saturated rings. The van der Waals surface area contributed by atoms with Crippen molar-refractivity contribution in [2.75, 3.05) is 13.7 Å². The molecule has 1 amide bonds. The van der Waals surface area contributed by atoms with E-state index in [-0.39, 0.29) is 45.3 Å². The van der Waals surface area contributed by atoms with Gasteiger partial charge in [0.2, 0.25) is 5.95 Å². The number of carbonyl (C=O) groups is 1. The first-order valence-corrected chi connectivity index (χ1v) is 25.8. The van der Waals surface area contributed by atoms with Crippen LogP contribution in [-0.2, 0) is 43.6 Å². The number of alkyl carbamates (subject to hydrolysis) is 1. The van der Waals surface area contributed by atoms with Crippen LogP contribution in [0.3, 0.4) is 0 Å². The minimum atomic E-state index is -4.53. The number of hydrogen-bond donors (Lipinski definition) is 2. The van der Waals surface area contributed by atoms with Crippen molar-refractivity contribution >= 4 is 46.5 Å².